The summed E-state index contributed by atoms with van der Waals surface area (Å²) in [5.74, 6) is -0.517. The van der Waals surface area contributed by atoms with Crippen LogP contribution in [0.15, 0.2) is 42.5 Å². The van der Waals surface area contributed by atoms with Gasteiger partial charge in [-0.15, -0.1) is 0 Å². The third-order valence-electron chi connectivity index (χ3n) is 5.48. The fourth-order valence-corrected chi connectivity index (χ4v) is 3.94. The number of piperidine rings is 1. The minimum Gasteiger partial charge on any atom is -0.383 e. The van der Waals surface area contributed by atoms with Gasteiger partial charge in [-0.3, -0.25) is 9.69 Å². The quantitative estimate of drug-likeness (QED) is 0.719. The first-order chi connectivity index (χ1) is 14.0. The lowest BCUT2D eigenvalue weighted by Crippen LogP contribution is -2.46. The molecule has 2 unspecified atom stereocenters. The van der Waals surface area contributed by atoms with E-state index in [-0.39, 0.29) is 29.4 Å². The predicted molar refractivity (Wildman–Crippen MR) is 109 cm³/mol. The van der Waals surface area contributed by atoms with E-state index >= 15 is 0 Å². The molecule has 0 aromatic heterocycles. The van der Waals surface area contributed by atoms with Crippen LogP contribution in [0.3, 0.4) is 0 Å². The zero-order valence-electron chi connectivity index (χ0n) is 17.0. The number of rotatable bonds is 7. The summed E-state index contributed by atoms with van der Waals surface area (Å²) in [5, 5.41) is 2.94. The molecular weight excluding hydrogens is 374 g/mol. The Morgan fingerprint density at radius 2 is 1.93 bits per heavy atom. The van der Waals surface area contributed by atoms with E-state index in [1.807, 2.05) is 12.1 Å². The molecule has 0 radical (unpaired) electrons. The molecule has 0 aliphatic carbocycles. The number of likely N-dealkylation sites (tertiary alicyclic amines) is 1. The van der Waals surface area contributed by atoms with Crippen LogP contribution < -0.4 is 5.32 Å². The van der Waals surface area contributed by atoms with Crippen molar-refractivity contribution in [3.05, 3.63) is 70.8 Å². The van der Waals surface area contributed by atoms with Gasteiger partial charge in [0.2, 0.25) is 5.91 Å². The Morgan fingerprint density at radius 3 is 2.62 bits per heavy atom. The minimum atomic E-state index is -0.262. The highest BCUT2D eigenvalue weighted by molar-refractivity contribution is 5.79. The first-order valence-corrected chi connectivity index (χ1v) is 9.95. The van der Waals surface area contributed by atoms with Gasteiger partial charge in [-0.2, -0.15) is 0 Å². The van der Waals surface area contributed by atoms with Gasteiger partial charge in [0.25, 0.3) is 0 Å². The molecule has 1 heterocycles. The summed E-state index contributed by atoms with van der Waals surface area (Å²) in [7, 11) is 1.60. The highest BCUT2D eigenvalue weighted by Crippen LogP contribution is 2.32. The molecule has 1 aliphatic rings. The Labute approximate surface area is 170 Å². The van der Waals surface area contributed by atoms with Crippen LogP contribution in [0.2, 0.25) is 0 Å². The SMILES string of the molecule is COCCNC(=O)C1CC(c2ccc(F)c(C)c2)CN(Cc2ccc(F)cc2)C1. The summed E-state index contributed by atoms with van der Waals surface area (Å²) in [4.78, 5) is 14.9. The number of hydrogen-bond acceptors (Lipinski definition) is 3. The van der Waals surface area contributed by atoms with Gasteiger partial charge in [0.05, 0.1) is 12.5 Å². The molecule has 156 valence electrons. The Kier molecular flexibility index (Phi) is 7.34. The maximum absolute atomic E-state index is 13.7. The summed E-state index contributed by atoms with van der Waals surface area (Å²) in [5.41, 5.74) is 2.66. The van der Waals surface area contributed by atoms with Crippen LogP contribution in [0.1, 0.15) is 29.0 Å². The van der Waals surface area contributed by atoms with Crippen molar-refractivity contribution in [3.63, 3.8) is 0 Å². The number of nitrogens with one attached hydrogen (secondary N) is 1. The summed E-state index contributed by atoms with van der Waals surface area (Å²) in [6.07, 6.45) is 0.712. The second-order valence-corrected chi connectivity index (χ2v) is 7.74. The highest BCUT2D eigenvalue weighted by Gasteiger charge is 2.32. The van der Waals surface area contributed by atoms with Crippen molar-refractivity contribution in [1.29, 1.82) is 0 Å². The lowest BCUT2D eigenvalue weighted by atomic mass is 9.83. The van der Waals surface area contributed by atoms with E-state index in [0.717, 1.165) is 17.7 Å². The van der Waals surface area contributed by atoms with Crippen LogP contribution in [-0.4, -0.2) is 44.2 Å². The van der Waals surface area contributed by atoms with Gasteiger partial charge in [-0.1, -0.05) is 24.3 Å². The molecule has 1 fully saturated rings. The summed E-state index contributed by atoms with van der Waals surface area (Å²) in [6, 6.07) is 11.6. The van der Waals surface area contributed by atoms with Gasteiger partial charge in [-0.25, -0.2) is 8.78 Å². The maximum Gasteiger partial charge on any atom is 0.224 e. The van der Waals surface area contributed by atoms with E-state index in [4.69, 9.17) is 4.74 Å². The molecular formula is C23H28F2N2O2. The van der Waals surface area contributed by atoms with Crippen molar-refractivity contribution in [2.75, 3.05) is 33.4 Å². The molecule has 4 nitrogen and oxygen atoms in total. The highest BCUT2D eigenvalue weighted by atomic mass is 19.1. The fraction of sp³-hybridized carbons (Fsp3) is 0.435. The van der Waals surface area contributed by atoms with E-state index in [0.29, 0.717) is 38.2 Å². The van der Waals surface area contributed by atoms with Crippen LogP contribution in [0.4, 0.5) is 8.78 Å². The van der Waals surface area contributed by atoms with E-state index < -0.39 is 0 Å². The molecule has 2 aromatic rings. The van der Waals surface area contributed by atoms with Crippen molar-refractivity contribution in [2.24, 2.45) is 5.92 Å². The van der Waals surface area contributed by atoms with Crippen LogP contribution >= 0.6 is 0 Å². The van der Waals surface area contributed by atoms with Crippen LogP contribution in [0, 0.1) is 24.5 Å². The zero-order valence-corrected chi connectivity index (χ0v) is 17.0. The van der Waals surface area contributed by atoms with Gasteiger partial charge >= 0.3 is 0 Å². The molecule has 0 spiro atoms. The number of ether oxygens (including phenoxy) is 1. The number of carbonyl (C=O) groups excluding carboxylic acids is 1. The Hall–Kier alpha value is -2.31. The summed E-state index contributed by atoms with van der Waals surface area (Å²) >= 11 is 0. The number of nitrogens with zero attached hydrogens (tertiary/aromatic N) is 1. The normalized spacial score (nSPS) is 19.9. The van der Waals surface area contributed by atoms with E-state index in [1.165, 1.54) is 18.2 Å². The van der Waals surface area contributed by atoms with Crippen LogP contribution in [-0.2, 0) is 16.1 Å². The largest absolute Gasteiger partial charge is 0.383 e. The third kappa shape index (κ3) is 5.84. The Morgan fingerprint density at radius 1 is 1.17 bits per heavy atom. The molecule has 3 rings (SSSR count). The van der Waals surface area contributed by atoms with Gasteiger partial charge in [-0.05, 0) is 54.2 Å². The molecule has 0 bridgehead atoms. The van der Waals surface area contributed by atoms with Crippen LogP contribution in [0.5, 0.6) is 0 Å². The lowest BCUT2D eigenvalue weighted by Gasteiger charge is -2.37. The second-order valence-electron chi connectivity index (χ2n) is 7.74. The molecule has 2 atom stereocenters. The molecule has 1 N–H and O–H groups in total. The third-order valence-corrected chi connectivity index (χ3v) is 5.48. The van der Waals surface area contributed by atoms with E-state index in [1.54, 1.807) is 26.2 Å². The first-order valence-electron chi connectivity index (χ1n) is 9.95. The number of benzene rings is 2. The Balaban J connectivity index is 1.77. The van der Waals surface area contributed by atoms with Crippen LogP contribution in [0.25, 0.3) is 0 Å². The summed E-state index contributed by atoms with van der Waals surface area (Å²) in [6.45, 7) is 4.74. The average molecular weight is 402 g/mol. The topological polar surface area (TPSA) is 41.6 Å². The van der Waals surface area contributed by atoms with Crippen molar-refractivity contribution >= 4 is 5.91 Å². The Bertz CT molecular complexity index is 826. The molecule has 6 heteroatoms. The average Bonchev–Trinajstić information content (AvgIpc) is 2.71. The monoisotopic (exact) mass is 402 g/mol. The van der Waals surface area contributed by atoms with Gasteiger partial charge < -0.3 is 10.1 Å². The number of aryl methyl sites for hydroxylation is 1. The molecule has 2 aromatic carbocycles. The minimum absolute atomic E-state index is 0.00897. The molecule has 29 heavy (non-hydrogen) atoms. The van der Waals surface area contributed by atoms with Gasteiger partial charge in [0.15, 0.2) is 0 Å². The number of halogens is 2. The predicted octanol–water partition coefficient (Wildman–Crippen LogP) is 3.64. The molecule has 0 saturated carbocycles. The fourth-order valence-electron chi connectivity index (χ4n) is 3.94. The van der Waals surface area contributed by atoms with Crippen molar-refractivity contribution < 1.29 is 18.3 Å². The lowest BCUT2D eigenvalue weighted by molar-refractivity contribution is -0.127. The number of carbonyl (C=O) groups is 1. The van der Waals surface area contributed by atoms with Gasteiger partial charge in [0, 0.05) is 33.3 Å². The maximum atomic E-state index is 13.7. The molecule has 1 aliphatic heterocycles. The van der Waals surface area contributed by atoms with Gasteiger partial charge in [0.1, 0.15) is 11.6 Å². The van der Waals surface area contributed by atoms with Crippen molar-refractivity contribution in [1.82, 2.24) is 10.2 Å². The second kappa shape index (κ2) is 9.94. The molecule has 1 saturated heterocycles. The number of hydrogen-bond donors (Lipinski definition) is 1. The van der Waals surface area contributed by atoms with E-state index in [2.05, 4.69) is 10.2 Å². The van der Waals surface area contributed by atoms with Crippen molar-refractivity contribution in [3.8, 4) is 0 Å². The molecule has 1 amide bonds. The zero-order chi connectivity index (χ0) is 20.8. The number of amides is 1. The first kappa shape index (κ1) is 21.4. The van der Waals surface area contributed by atoms with Crippen molar-refractivity contribution in [2.45, 2.75) is 25.8 Å². The summed E-state index contributed by atoms with van der Waals surface area (Å²) < 4.78 is 32.0. The van der Waals surface area contributed by atoms with E-state index in [9.17, 15) is 13.6 Å². The smallest absolute Gasteiger partial charge is 0.224 e. The number of methoxy groups -OCH3 is 1. The standard InChI is InChI=1S/C23H28F2N2O2/c1-16-11-18(5-8-22(16)25)19-12-20(23(28)26-9-10-29-2)15-27(14-19)13-17-3-6-21(24)7-4-17/h3-8,11,19-20H,9-10,12-15H2,1-2H3,(H,26,28).